The standard InChI is InChI=1S/C8H17N.C2H6.CH3F/c1-8(2)9-6-4-3-5-7-9;2*1-2/h8H,3-7H2,1-2H3;1-2H3;1H3. The largest absolute Gasteiger partial charge is 0.301 e. The van der Waals surface area contributed by atoms with E-state index in [0.29, 0.717) is 7.18 Å². The van der Waals surface area contributed by atoms with Gasteiger partial charge in [0.05, 0.1) is 7.18 Å². The van der Waals surface area contributed by atoms with Gasteiger partial charge in [0.15, 0.2) is 0 Å². The molecule has 0 unspecified atom stereocenters. The molecule has 0 N–H and O–H groups in total. The van der Waals surface area contributed by atoms with Crippen LogP contribution in [0.1, 0.15) is 47.0 Å². The molecular formula is C11H26FN. The SMILES string of the molecule is CC.CC(C)N1CCCCC1.CF. The van der Waals surface area contributed by atoms with E-state index in [4.69, 9.17) is 0 Å². The van der Waals surface area contributed by atoms with Crippen LogP contribution in [0.3, 0.4) is 0 Å². The van der Waals surface area contributed by atoms with E-state index in [1.54, 1.807) is 0 Å². The van der Waals surface area contributed by atoms with Crippen molar-refractivity contribution in [2.75, 3.05) is 20.3 Å². The summed E-state index contributed by atoms with van der Waals surface area (Å²) in [6, 6.07) is 0.769. The van der Waals surface area contributed by atoms with Gasteiger partial charge >= 0.3 is 0 Å². The Bertz CT molecular complexity index is 78.2. The van der Waals surface area contributed by atoms with Crippen LogP contribution in [-0.2, 0) is 0 Å². The van der Waals surface area contributed by atoms with Crippen LogP contribution in [-0.4, -0.2) is 31.2 Å². The Morgan fingerprint density at radius 1 is 0.923 bits per heavy atom. The first kappa shape index (κ1) is 15.4. The average molecular weight is 191 g/mol. The number of halogens is 1. The minimum Gasteiger partial charge on any atom is -0.301 e. The lowest BCUT2D eigenvalue weighted by Crippen LogP contribution is -2.35. The molecule has 13 heavy (non-hydrogen) atoms. The molecular weight excluding hydrogens is 165 g/mol. The highest BCUT2D eigenvalue weighted by molar-refractivity contribution is 4.67. The third-order valence-electron chi connectivity index (χ3n) is 2.12. The highest BCUT2D eigenvalue weighted by Crippen LogP contribution is 2.10. The molecule has 0 amide bonds. The summed E-state index contributed by atoms with van der Waals surface area (Å²) in [4.78, 5) is 2.56. The molecule has 1 aliphatic rings. The molecule has 0 saturated carbocycles. The van der Waals surface area contributed by atoms with E-state index < -0.39 is 0 Å². The summed E-state index contributed by atoms with van der Waals surface area (Å²) in [6.07, 6.45) is 4.28. The number of likely N-dealkylation sites (tertiary alicyclic amines) is 1. The van der Waals surface area contributed by atoms with Gasteiger partial charge in [0, 0.05) is 6.04 Å². The molecule has 1 aliphatic heterocycles. The number of hydrogen-bond acceptors (Lipinski definition) is 1. The van der Waals surface area contributed by atoms with Crippen LogP contribution in [0.4, 0.5) is 4.39 Å². The Labute approximate surface area is 83.3 Å². The van der Waals surface area contributed by atoms with Crippen molar-refractivity contribution in [3.8, 4) is 0 Å². The van der Waals surface area contributed by atoms with Crippen LogP contribution < -0.4 is 0 Å². The third kappa shape index (κ3) is 8.23. The van der Waals surface area contributed by atoms with Crippen molar-refractivity contribution in [1.82, 2.24) is 4.90 Å². The number of alkyl halides is 1. The Balaban J connectivity index is 0. The third-order valence-corrected chi connectivity index (χ3v) is 2.12. The minimum atomic E-state index is 0.500. The van der Waals surface area contributed by atoms with Crippen molar-refractivity contribution in [2.24, 2.45) is 0 Å². The van der Waals surface area contributed by atoms with E-state index >= 15 is 0 Å². The van der Waals surface area contributed by atoms with Crippen LogP contribution in [0.25, 0.3) is 0 Å². The zero-order valence-electron chi connectivity index (χ0n) is 9.94. The molecule has 1 saturated heterocycles. The fourth-order valence-electron chi connectivity index (χ4n) is 1.43. The molecule has 0 radical (unpaired) electrons. The van der Waals surface area contributed by atoms with Crippen molar-refractivity contribution < 1.29 is 4.39 Å². The van der Waals surface area contributed by atoms with Gasteiger partial charge in [0.1, 0.15) is 0 Å². The maximum absolute atomic E-state index is 9.50. The lowest BCUT2D eigenvalue weighted by Gasteiger charge is -2.29. The number of rotatable bonds is 1. The monoisotopic (exact) mass is 191 g/mol. The van der Waals surface area contributed by atoms with Crippen LogP contribution in [0.5, 0.6) is 0 Å². The fraction of sp³-hybridized carbons (Fsp3) is 1.00. The molecule has 0 aromatic carbocycles. The van der Waals surface area contributed by atoms with E-state index in [1.165, 1.54) is 32.4 Å². The van der Waals surface area contributed by atoms with Gasteiger partial charge in [-0.1, -0.05) is 20.3 Å². The molecule has 0 spiro atoms. The molecule has 1 rings (SSSR count). The van der Waals surface area contributed by atoms with E-state index in [-0.39, 0.29) is 0 Å². The van der Waals surface area contributed by atoms with E-state index in [1.807, 2.05) is 13.8 Å². The summed E-state index contributed by atoms with van der Waals surface area (Å²) in [5.41, 5.74) is 0. The van der Waals surface area contributed by atoms with E-state index in [9.17, 15) is 4.39 Å². The zero-order valence-corrected chi connectivity index (χ0v) is 9.94. The summed E-state index contributed by atoms with van der Waals surface area (Å²) in [7, 11) is 0.500. The first-order valence-corrected chi connectivity index (χ1v) is 5.42. The lowest BCUT2D eigenvalue weighted by molar-refractivity contribution is 0.185. The predicted octanol–water partition coefficient (Wildman–Crippen LogP) is 3.49. The second-order valence-electron chi connectivity index (χ2n) is 3.19. The molecule has 1 fully saturated rings. The molecule has 1 heterocycles. The first-order valence-electron chi connectivity index (χ1n) is 5.42. The molecule has 0 aromatic rings. The molecule has 0 aromatic heterocycles. The van der Waals surface area contributed by atoms with Crippen molar-refractivity contribution in [1.29, 1.82) is 0 Å². The summed E-state index contributed by atoms with van der Waals surface area (Å²) >= 11 is 0. The number of hydrogen-bond donors (Lipinski definition) is 0. The highest BCUT2D eigenvalue weighted by atomic mass is 19.1. The quantitative estimate of drug-likeness (QED) is 0.613. The number of piperidine rings is 1. The summed E-state index contributed by atoms with van der Waals surface area (Å²) in [6.45, 7) is 11.2. The van der Waals surface area contributed by atoms with Crippen molar-refractivity contribution in [2.45, 2.75) is 53.0 Å². The van der Waals surface area contributed by atoms with Crippen molar-refractivity contribution >= 4 is 0 Å². The normalized spacial score (nSPS) is 16.8. The molecule has 2 heteroatoms. The molecule has 1 nitrogen and oxygen atoms in total. The van der Waals surface area contributed by atoms with Gasteiger partial charge in [-0.05, 0) is 39.8 Å². The second kappa shape index (κ2) is 11.9. The molecule has 0 aliphatic carbocycles. The maximum Gasteiger partial charge on any atom is 0.0785 e. The van der Waals surface area contributed by atoms with Crippen molar-refractivity contribution in [3.63, 3.8) is 0 Å². The van der Waals surface area contributed by atoms with E-state index in [0.717, 1.165) is 6.04 Å². The summed E-state index contributed by atoms with van der Waals surface area (Å²) in [5, 5.41) is 0. The smallest absolute Gasteiger partial charge is 0.0785 e. The van der Waals surface area contributed by atoms with Crippen LogP contribution in [0.2, 0.25) is 0 Å². The Hall–Kier alpha value is -0.110. The molecule has 0 bridgehead atoms. The van der Waals surface area contributed by atoms with Crippen LogP contribution >= 0.6 is 0 Å². The summed E-state index contributed by atoms with van der Waals surface area (Å²) < 4.78 is 9.50. The van der Waals surface area contributed by atoms with Gasteiger partial charge in [-0.2, -0.15) is 0 Å². The van der Waals surface area contributed by atoms with E-state index in [2.05, 4.69) is 18.7 Å². The van der Waals surface area contributed by atoms with Crippen LogP contribution in [0, 0.1) is 0 Å². The lowest BCUT2D eigenvalue weighted by atomic mass is 10.1. The van der Waals surface area contributed by atoms with Gasteiger partial charge in [0.25, 0.3) is 0 Å². The maximum atomic E-state index is 9.50. The topological polar surface area (TPSA) is 3.24 Å². The second-order valence-corrected chi connectivity index (χ2v) is 3.19. The van der Waals surface area contributed by atoms with Gasteiger partial charge in [-0.25, -0.2) is 0 Å². The molecule has 0 atom stereocenters. The molecule has 82 valence electrons. The van der Waals surface area contributed by atoms with Crippen LogP contribution in [0.15, 0.2) is 0 Å². The Kier molecular flexibility index (Phi) is 14.1. The number of nitrogens with zero attached hydrogens (tertiary/aromatic N) is 1. The van der Waals surface area contributed by atoms with Gasteiger partial charge < -0.3 is 4.90 Å². The van der Waals surface area contributed by atoms with Crippen molar-refractivity contribution in [3.05, 3.63) is 0 Å². The predicted molar refractivity (Wildman–Crippen MR) is 58.9 cm³/mol. The average Bonchev–Trinajstić information content (AvgIpc) is 2.25. The minimum absolute atomic E-state index is 0.500. The summed E-state index contributed by atoms with van der Waals surface area (Å²) in [5.74, 6) is 0. The Morgan fingerprint density at radius 3 is 1.54 bits per heavy atom. The zero-order chi connectivity index (χ0) is 10.7. The Morgan fingerprint density at radius 2 is 1.31 bits per heavy atom. The van der Waals surface area contributed by atoms with Gasteiger partial charge in [-0.15, -0.1) is 0 Å². The van der Waals surface area contributed by atoms with Gasteiger partial charge in [0.2, 0.25) is 0 Å². The highest BCUT2D eigenvalue weighted by Gasteiger charge is 2.11. The fourth-order valence-corrected chi connectivity index (χ4v) is 1.43. The van der Waals surface area contributed by atoms with Gasteiger partial charge in [-0.3, -0.25) is 4.39 Å². The first-order chi connectivity index (χ1) is 6.30.